The van der Waals surface area contributed by atoms with E-state index in [2.05, 4.69) is 10.6 Å². The summed E-state index contributed by atoms with van der Waals surface area (Å²) in [5.41, 5.74) is 0.419. The molecule has 0 aliphatic rings. The van der Waals surface area contributed by atoms with Gasteiger partial charge in [-0.15, -0.1) is 0 Å². The van der Waals surface area contributed by atoms with Crippen LogP contribution in [0.25, 0.3) is 0 Å². The standard InChI is InChI=1S/C21H22FN3O6/c1-12(15-7-9-17(22)10-8-15)23-19(26)14(3)31-21(28)13(2)24-20(27)16-5-4-6-18(11-16)25(29)30/h4-14H,1-3H3,(H,23,26)(H,24,27). The molecule has 10 heteroatoms. The molecule has 2 N–H and O–H groups in total. The second kappa shape index (κ2) is 10.3. The SMILES string of the molecule is CC(NC(=O)c1cccc([N+](=O)[O-])c1)C(=O)OC(C)C(=O)NC(C)c1ccc(F)cc1. The first-order valence-corrected chi connectivity index (χ1v) is 9.40. The molecular formula is C21H22FN3O6. The molecule has 164 valence electrons. The summed E-state index contributed by atoms with van der Waals surface area (Å²) in [6.45, 7) is 4.44. The fourth-order valence-electron chi connectivity index (χ4n) is 2.59. The number of carbonyl (C=O) groups excluding carboxylic acids is 3. The molecule has 2 rings (SSSR count). The number of rotatable bonds is 8. The third kappa shape index (κ3) is 6.59. The van der Waals surface area contributed by atoms with Gasteiger partial charge < -0.3 is 15.4 Å². The molecular weight excluding hydrogens is 409 g/mol. The van der Waals surface area contributed by atoms with Gasteiger partial charge in [0.05, 0.1) is 11.0 Å². The minimum absolute atomic E-state index is 0.00719. The van der Waals surface area contributed by atoms with Crippen molar-refractivity contribution in [2.45, 2.75) is 39.0 Å². The zero-order valence-corrected chi connectivity index (χ0v) is 17.1. The van der Waals surface area contributed by atoms with E-state index < -0.39 is 46.7 Å². The van der Waals surface area contributed by atoms with Crippen molar-refractivity contribution in [3.63, 3.8) is 0 Å². The zero-order chi connectivity index (χ0) is 23.1. The van der Waals surface area contributed by atoms with Crippen molar-refractivity contribution in [3.05, 3.63) is 75.6 Å². The fraction of sp³-hybridized carbons (Fsp3) is 0.286. The van der Waals surface area contributed by atoms with Crippen molar-refractivity contribution in [3.8, 4) is 0 Å². The predicted molar refractivity (Wildman–Crippen MR) is 109 cm³/mol. The van der Waals surface area contributed by atoms with Gasteiger partial charge in [0.25, 0.3) is 17.5 Å². The van der Waals surface area contributed by atoms with Crippen LogP contribution < -0.4 is 10.6 Å². The highest BCUT2D eigenvalue weighted by atomic mass is 19.1. The summed E-state index contributed by atoms with van der Waals surface area (Å²) in [5.74, 6) is -2.51. The van der Waals surface area contributed by atoms with E-state index in [-0.39, 0.29) is 11.3 Å². The van der Waals surface area contributed by atoms with Gasteiger partial charge in [0.15, 0.2) is 6.10 Å². The minimum atomic E-state index is -1.15. The summed E-state index contributed by atoms with van der Waals surface area (Å²) >= 11 is 0. The van der Waals surface area contributed by atoms with E-state index >= 15 is 0 Å². The van der Waals surface area contributed by atoms with Gasteiger partial charge in [-0.05, 0) is 44.5 Å². The van der Waals surface area contributed by atoms with E-state index in [0.29, 0.717) is 5.56 Å². The summed E-state index contributed by atoms with van der Waals surface area (Å²) in [4.78, 5) is 46.9. The Morgan fingerprint density at radius 1 is 1.03 bits per heavy atom. The van der Waals surface area contributed by atoms with E-state index in [1.54, 1.807) is 6.92 Å². The van der Waals surface area contributed by atoms with E-state index in [9.17, 15) is 28.9 Å². The molecule has 0 aromatic heterocycles. The van der Waals surface area contributed by atoms with E-state index in [1.165, 1.54) is 56.3 Å². The Labute approximate surface area is 177 Å². The first-order valence-electron chi connectivity index (χ1n) is 9.40. The number of hydrogen-bond acceptors (Lipinski definition) is 6. The number of nitro benzene ring substituents is 1. The lowest BCUT2D eigenvalue weighted by atomic mass is 10.1. The molecule has 2 aromatic rings. The molecule has 0 fully saturated rings. The highest BCUT2D eigenvalue weighted by molar-refractivity contribution is 5.97. The third-order valence-corrected chi connectivity index (χ3v) is 4.41. The number of esters is 1. The number of nitrogens with one attached hydrogen (secondary N) is 2. The Kier molecular flexibility index (Phi) is 7.78. The van der Waals surface area contributed by atoms with Crippen LogP contribution in [0.5, 0.6) is 0 Å². The van der Waals surface area contributed by atoms with Crippen molar-refractivity contribution in [2.75, 3.05) is 0 Å². The van der Waals surface area contributed by atoms with Crippen LogP contribution in [0.2, 0.25) is 0 Å². The largest absolute Gasteiger partial charge is 0.451 e. The molecule has 0 aliphatic heterocycles. The van der Waals surface area contributed by atoms with Crippen LogP contribution in [-0.4, -0.2) is 34.9 Å². The van der Waals surface area contributed by atoms with Gasteiger partial charge in [-0.25, -0.2) is 9.18 Å². The summed E-state index contributed by atoms with van der Waals surface area (Å²) in [5, 5.41) is 15.8. The lowest BCUT2D eigenvalue weighted by Gasteiger charge is -2.20. The van der Waals surface area contributed by atoms with Crippen LogP contribution in [0.3, 0.4) is 0 Å². The number of benzene rings is 2. The molecule has 9 nitrogen and oxygen atoms in total. The van der Waals surface area contributed by atoms with Crippen molar-refractivity contribution < 1.29 is 28.4 Å². The maximum atomic E-state index is 13.0. The molecule has 0 aliphatic carbocycles. The van der Waals surface area contributed by atoms with Gasteiger partial charge >= 0.3 is 5.97 Å². The maximum absolute atomic E-state index is 13.0. The quantitative estimate of drug-likeness (QED) is 0.376. The first-order chi connectivity index (χ1) is 14.6. The van der Waals surface area contributed by atoms with E-state index in [0.717, 1.165) is 6.07 Å². The number of halogens is 1. The number of carbonyl (C=O) groups is 3. The Balaban J connectivity index is 1.90. The molecule has 0 radical (unpaired) electrons. The fourth-order valence-corrected chi connectivity index (χ4v) is 2.59. The lowest BCUT2D eigenvalue weighted by Crippen LogP contribution is -2.43. The Bertz CT molecular complexity index is 979. The molecule has 0 heterocycles. The Hall–Kier alpha value is -3.82. The molecule has 3 unspecified atom stereocenters. The summed E-state index contributed by atoms with van der Waals surface area (Å²) in [6, 6.07) is 9.10. The summed E-state index contributed by atoms with van der Waals surface area (Å²) < 4.78 is 18.1. The van der Waals surface area contributed by atoms with Gasteiger partial charge in [0.2, 0.25) is 0 Å². The number of nitro groups is 1. The zero-order valence-electron chi connectivity index (χ0n) is 17.1. The van der Waals surface area contributed by atoms with E-state index in [4.69, 9.17) is 4.74 Å². The molecule has 0 bridgehead atoms. The number of nitrogens with zero attached hydrogens (tertiary/aromatic N) is 1. The van der Waals surface area contributed by atoms with Crippen molar-refractivity contribution in [1.29, 1.82) is 0 Å². The van der Waals surface area contributed by atoms with Gasteiger partial charge in [0.1, 0.15) is 11.9 Å². The normalized spacial score (nSPS) is 13.4. The molecule has 0 spiro atoms. The number of non-ortho nitro benzene ring substituents is 1. The Morgan fingerprint density at radius 2 is 1.68 bits per heavy atom. The summed E-state index contributed by atoms with van der Waals surface area (Å²) in [6.07, 6.45) is -1.15. The van der Waals surface area contributed by atoms with Crippen LogP contribution in [0, 0.1) is 15.9 Å². The highest BCUT2D eigenvalue weighted by Gasteiger charge is 2.25. The average molecular weight is 431 g/mol. The first kappa shape index (κ1) is 23.5. The minimum Gasteiger partial charge on any atom is -0.451 e. The molecule has 2 amide bonds. The maximum Gasteiger partial charge on any atom is 0.329 e. The molecule has 3 atom stereocenters. The molecule has 0 saturated heterocycles. The van der Waals surface area contributed by atoms with Gasteiger partial charge in [-0.2, -0.15) is 0 Å². The van der Waals surface area contributed by atoms with Gasteiger partial charge in [-0.1, -0.05) is 18.2 Å². The number of hydrogen-bond donors (Lipinski definition) is 2. The predicted octanol–water partition coefficient (Wildman–Crippen LogP) is 2.66. The van der Waals surface area contributed by atoms with E-state index in [1.807, 2.05) is 0 Å². The van der Waals surface area contributed by atoms with Crippen molar-refractivity contribution >= 4 is 23.5 Å². The van der Waals surface area contributed by atoms with Crippen molar-refractivity contribution in [2.24, 2.45) is 0 Å². The number of ether oxygens (including phenoxy) is 1. The number of amides is 2. The summed E-state index contributed by atoms with van der Waals surface area (Å²) in [7, 11) is 0. The second-order valence-electron chi connectivity index (χ2n) is 6.86. The molecule has 31 heavy (non-hydrogen) atoms. The molecule has 2 aromatic carbocycles. The van der Waals surface area contributed by atoms with Crippen molar-refractivity contribution in [1.82, 2.24) is 10.6 Å². The second-order valence-corrected chi connectivity index (χ2v) is 6.86. The third-order valence-electron chi connectivity index (χ3n) is 4.41. The smallest absolute Gasteiger partial charge is 0.329 e. The van der Waals surface area contributed by atoms with Gasteiger partial charge in [0, 0.05) is 17.7 Å². The van der Waals surface area contributed by atoms with Gasteiger partial charge in [-0.3, -0.25) is 19.7 Å². The average Bonchev–Trinajstić information content (AvgIpc) is 2.73. The topological polar surface area (TPSA) is 128 Å². The van der Waals surface area contributed by atoms with Crippen LogP contribution in [0.1, 0.15) is 42.7 Å². The highest BCUT2D eigenvalue weighted by Crippen LogP contribution is 2.14. The van der Waals surface area contributed by atoms with Crippen LogP contribution >= 0.6 is 0 Å². The molecule has 0 saturated carbocycles. The van der Waals surface area contributed by atoms with Crippen LogP contribution in [0.15, 0.2) is 48.5 Å². The lowest BCUT2D eigenvalue weighted by molar-refractivity contribution is -0.384. The Morgan fingerprint density at radius 3 is 2.29 bits per heavy atom. The van der Waals surface area contributed by atoms with Crippen LogP contribution in [0.4, 0.5) is 10.1 Å². The monoisotopic (exact) mass is 431 g/mol. The van der Waals surface area contributed by atoms with Crippen LogP contribution in [-0.2, 0) is 14.3 Å².